The quantitative estimate of drug-likeness (QED) is 0.395. The molecule has 33 heavy (non-hydrogen) atoms. The summed E-state index contributed by atoms with van der Waals surface area (Å²) in [4.78, 5) is 5.21. The standard InChI is InChI=1S/C29H32N2O2/c1-6-25-24(18-21-10-8-7-9-11-21)19-26(33-5)28-27(25)30-29(31(28)16-17-32-4)23-14-12-22(13-15-23)20(2)3/h8,10-15,19-20H,6,16-18H2,1-5H3. The predicted molar refractivity (Wildman–Crippen MR) is 134 cm³/mol. The van der Waals surface area contributed by atoms with Gasteiger partial charge >= 0.3 is 0 Å². The van der Waals surface area contributed by atoms with Crippen molar-refractivity contribution in [3.05, 3.63) is 83.7 Å². The molecule has 170 valence electrons. The van der Waals surface area contributed by atoms with Crippen LogP contribution in [0.1, 0.15) is 43.4 Å². The SMILES string of the molecule is CCc1c(CC2=C[C][C]C=C2)cc(OC)c2c1nc(-c1ccc(C(C)C)cc1)n2CCOC. The maximum Gasteiger partial charge on any atom is 0.145 e. The zero-order valence-electron chi connectivity index (χ0n) is 20.2. The minimum Gasteiger partial charge on any atom is -0.494 e. The molecule has 1 aliphatic rings. The van der Waals surface area contributed by atoms with Gasteiger partial charge in [0.2, 0.25) is 0 Å². The highest BCUT2D eigenvalue weighted by atomic mass is 16.5. The van der Waals surface area contributed by atoms with Crippen LogP contribution in [0.2, 0.25) is 0 Å². The van der Waals surface area contributed by atoms with E-state index < -0.39 is 0 Å². The van der Waals surface area contributed by atoms with E-state index >= 15 is 0 Å². The van der Waals surface area contributed by atoms with Crippen molar-refractivity contribution in [1.82, 2.24) is 9.55 Å². The van der Waals surface area contributed by atoms with Crippen LogP contribution >= 0.6 is 0 Å². The number of hydrogen-bond donors (Lipinski definition) is 0. The molecule has 0 fully saturated rings. The van der Waals surface area contributed by atoms with E-state index in [0.29, 0.717) is 19.1 Å². The Hall–Kier alpha value is -2.85. The number of fused-ring (bicyclic) bond motifs is 1. The van der Waals surface area contributed by atoms with Gasteiger partial charge in [-0.25, -0.2) is 4.98 Å². The topological polar surface area (TPSA) is 36.3 Å². The Labute approximate surface area is 197 Å². The van der Waals surface area contributed by atoms with Gasteiger partial charge < -0.3 is 14.0 Å². The van der Waals surface area contributed by atoms with Gasteiger partial charge in [0.25, 0.3) is 0 Å². The van der Waals surface area contributed by atoms with Crippen molar-refractivity contribution in [1.29, 1.82) is 0 Å². The third-order valence-electron chi connectivity index (χ3n) is 6.22. The Bertz CT molecular complexity index is 1170. The smallest absolute Gasteiger partial charge is 0.145 e. The Morgan fingerprint density at radius 1 is 1.09 bits per heavy atom. The fourth-order valence-corrected chi connectivity index (χ4v) is 4.43. The van der Waals surface area contributed by atoms with Crippen LogP contribution in [0.3, 0.4) is 0 Å². The number of nitrogens with zero attached hydrogens (tertiary/aromatic N) is 2. The van der Waals surface area contributed by atoms with Gasteiger partial charge in [0.15, 0.2) is 0 Å². The average molecular weight is 441 g/mol. The highest BCUT2D eigenvalue weighted by molar-refractivity contribution is 5.90. The zero-order valence-corrected chi connectivity index (χ0v) is 20.2. The van der Waals surface area contributed by atoms with Crippen molar-refractivity contribution < 1.29 is 9.47 Å². The van der Waals surface area contributed by atoms with Gasteiger partial charge in [-0.1, -0.05) is 63.3 Å². The lowest BCUT2D eigenvalue weighted by molar-refractivity contribution is 0.188. The molecule has 4 rings (SSSR count). The number of aromatic nitrogens is 2. The second-order valence-corrected chi connectivity index (χ2v) is 8.64. The first kappa shape index (κ1) is 23.3. The molecule has 4 nitrogen and oxygen atoms in total. The highest BCUT2D eigenvalue weighted by Crippen LogP contribution is 2.37. The summed E-state index contributed by atoms with van der Waals surface area (Å²) in [5, 5.41) is 0. The van der Waals surface area contributed by atoms with E-state index in [1.807, 2.05) is 12.2 Å². The lowest BCUT2D eigenvalue weighted by atomic mass is 9.94. The molecule has 1 aliphatic carbocycles. The monoisotopic (exact) mass is 440 g/mol. The largest absolute Gasteiger partial charge is 0.494 e. The van der Waals surface area contributed by atoms with E-state index in [4.69, 9.17) is 14.5 Å². The predicted octanol–water partition coefficient (Wildman–Crippen LogP) is 6.25. The average Bonchev–Trinajstić information content (AvgIpc) is 3.22. The van der Waals surface area contributed by atoms with E-state index in [1.165, 1.54) is 22.3 Å². The molecule has 0 aliphatic heterocycles. The van der Waals surface area contributed by atoms with Crippen molar-refractivity contribution in [3.8, 4) is 17.1 Å². The van der Waals surface area contributed by atoms with Gasteiger partial charge in [0, 0.05) is 32.1 Å². The van der Waals surface area contributed by atoms with Crippen LogP contribution in [-0.4, -0.2) is 30.4 Å². The molecule has 0 saturated heterocycles. The van der Waals surface area contributed by atoms with Gasteiger partial charge in [0.05, 0.1) is 19.2 Å². The van der Waals surface area contributed by atoms with Crippen LogP contribution in [-0.2, 0) is 24.1 Å². The Balaban J connectivity index is 1.90. The van der Waals surface area contributed by atoms with E-state index in [9.17, 15) is 0 Å². The third kappa shape index (κ3) is 4.77. The highest BCUT2D eigenvalue weighted by Gasteiger charge is 2.22. The van der Waals surface area contributed by atoms with Crippen LogP contribution in [0.4, 0.5) is 0 Å². The fourth-order valence-electron chi connectivity index (χ4n) is 4.43. The third-order valence-corrected chi connectivity index (χ3v) is 6.22. The van der Waals surface area contributed by atoms with Crippen LogP contribution in [0, 0.1) is 12.8 Å². The van der Waals surface area contributed by atoms with E-state index in [2.05, 4.69) is 74.6 Å². The first-order valence-corrected chi connectivity index (χ1v) is 11.6. The minimum atomic E-state index is 0.494. The van der Waals surface area contributed by atoms with E-state index in [-0.39, 0.29) is 0 Å². The molecule has 0 bridgehead atoms. The van der Waals surface area contributed by atoms with Crippen LogP contribution in [0.25, 0.3) is 22.4 Å². The molecule has 0 amide bonds. The zero-order chi connectivity index (χ0) is 23.4. The number of imidazole rings is 1. The van der Waals surface area contributed by atoms with E-state index in [0.717, 1.165) is 41.0 Å². The summed E-state index contributed by atoms with van der Waals surface area (Å²) in [5.41, 5.74) is 8.17. The van der Waals surface area contributed by atoms with Gasteiger partial charge in [-0.3, -0.25) is 0 Å². The van der Waals surface area contributed by atoms with Crippen molar-refractivity contribution in [2.45, 2.75) is 46.1 Å². The normalized spacial score (nSPS) is 13.7. The van der Waals surface area contributed by atoms with Crippen LogP contribution in [0.15, 0.2) is 54.1 Å². The number of rotatable bonds is 9. The maximum atomic E-state index is 5.91. The summed E-state index contributed by atoms with van der Waals surface area (Å²) in [5.74, 6) is 2.29. The van der Waals surface area contributed by atoms with Gasteiger partial charge in [0.1, 0.15) is 17.1 Å². The molecular weight excluding hydrogens is 408 g/mol. The summed E-state index contributed by atoms with van der Waals surface area (Å²) in [7, 11) is 3.47. The molecule has 0 N–H and O–H groups in total. The molecule has 4 radical (unpaired) electrons. The molecule has 1 aromatic heterocycles. The summed E-state index contributed by atoms with van der Waals surface area (Å²) < 4.78 is 13.6. The summed E-state index contributed by atoms with van der Waals surface area (Å²) in [6.07, 6.45) is 13.7. The molecule has 4 heteroatoms. The molecule has 0 unspecified atom stereocenters. The number of ether oxygens (including phenoxy) is 2. The number of allylic oxidation sites excluding steroid dienone is 4. The van der Waals surface area contributed by atoms with Crippen LogP contribution < -0.4 is 4.74 Å². The second kappa shape index (κ2) is 10.4. The minimum absolute atomic E-state index is 0.494. The molecule has 2 aromatic carbocycles. The van der Waals surface area contributed by atoms with Gasteiger partial charge in [-0.05, 0) is 47.1 Å². The Morgan fingerprint density at radius 3 is 2.48 bits per heavy atom. The Morgan fingerprint density at radius 2 is 1.88 bits per heavy atom. The lowest BCUT2D eigenvalue weighted by Crippen LogP contribution is -2.07. The fraction of sp³-hybridized carbons (Fsp3) is 0.345. The van der Waals surface area contributed by atoms with Crippen molar-refractivity contribution in [2.75, 3.05) is 20.8 Å². The van der Waals surface area contributed by atoms with Gasteiger partial charge in [-0.2, -0.15) is 0 Å². The molecule has 0 saturated carbocycles. The second-order valence-electron chi connectivity index (χ2n) is 8.64. The number of hydrogen-bond acceptors (Lipinski definition) is 3. The van der Waals surface area contributed by atoms with E-state index in [1.54, 1.807) is 14.2 Å². The molecule has 0 spiro atoms. The summed E-state index contributed by atoms with van der Waals surface area (Å²) in [6.45, 7) is 7.93. The molecule has 0 atom stereocenters. The summed E-state index contributed by atoms with van der Waals surface area (Å²) in [6, 6.07) is 10.9. The lowest BCUT2D eigenvalue weighted by Gasteiger charge is -2.16. The van der Waals surface area contributed by atoms with Crippen molar-refractivity contribution >= 4 is 11.0 Å². The maximum absolute atomic E-state index is 5.91. The van der Waals surface area contributed by atoms with Crippen molar-refractivity contribution in [2.24, 2.45) is 0 Å². The van der Waals surface area contributed by atoms with Crippen molar-refractivity contribution in [3.63, 3.8) is 0 Å². The number of benzene rings is 2. The van der Waals surface area contributed by atoms with Gasteiger partial charge in [-0.15, -0.1) is 0 Å². The summed E-state index contributed by atoms with van der Waals surface area (Å²) >= 11 is 0. The van der Waals surface area contributed by atoms with Crippen LogP contribution in [0.5, 0.6) is 5.75 Å². The number of aryl methyl sites for hydroxylation is 1. The number of methoxy groups -OCH3 is 2. The molecule has 3 aromatic rings. The molecular formula is C29H32N2O2. The Kier molecular flexibility index (Phi) is 7.34. The first-order chi connectivity index (χ1) is 16.1. The first-order valence-electron chi connectivity index (χ1n) is 11.6. The molecule has 1 heterocycles.